The monoisotopic (exact) mass is 407 g/mol. The topological polar surface area (TPSA) is 108 Å². The lowest BCUT2D eigenvalue weighted by Gasteiger charge is -2.14. The Kier molecular flexibility index (Phi) is 5.09. The minimum atomic E-state index is -0.393. The van der Waals surface area contributed by atoms with Crippen molar-refractivity contribution in [3.63, 3.8) is 0 Å². The van der Waals surface area contributed by atoms with Gasteiger partial charge in [-0.25, -0.2) is 9.78 Å². The molecule has 1 unspecified atom stereocenters. The van der Waals surface area contributed by atoms with Gasteiger partial charge in [-0.1, -0.05) is 11.6 Å². The Hall–Kier alpha value is -3.52. The predicted molar refractivity (Wildman–Crippen MR) is 112 cm³/mol. The zero-order valence-electron chi connectivity index (χ0n) is 15.8. The summed E-state index contributed by atoms with van der Waals surface area (Å²) in [6.45, 7) is 3.75. The molecule has 0 aliphatic heterocycles. The van der Waals surface area contributed by atoms with E-state index in [2.05, 4.69) is 35.8 Å². The average Bonchev–Trinajstić information content (AvgIpc) is 3.11. The van der Waals surface area contributed by atoms with Crippen LogP contribution in [0.15, 0.2) is 48.9 Å². The number of anilines is 1. The van der Waals surface area contributed by atoms with Crippen molar-refractivity contribution in [1.82, 2.24) is 30.5 Å². The van der Waals surface area contributed by atoms with Gasteiger partial charge in [0.2, 0.25) is 0 Å². The molecule has 4 aromatic heterocycles. The Balaban J connectivity index is 1.49. The fourth-order valence-electron chi connectivity index (χ4n) is 2.98. The number of aromatic nitrogens is 5. The number of carbonyl (C=O) groups is 1. The second-order valence-corrected chi connectivity index (χ2v) is 7.03. The van der Waals surface area contributed by atoms with Crippen LogP contribution in [0.3, 0.4) is 0 Å². The summed E-state index contributed by atoms with van der Waals surface area (Å²) in [5.74, 6) is 0.405. The molecule has 0 radical (unpaired) electrons. The van der Waals surface area contributed by atoms with E-state index in [9.17, 15) is 4.79 Å². The van der Waals surface area contributed by atoms with Gasteiger partial charge in [0.25, 0.3) is 0 Å². The van der Waals surface area contributed by atoms with Crippen LogP contribution in [0.1, 0.15) is 24.4 Å². The molecule has 146 valence electrons. The summed E-state index contributed by atoms with van der Waals surface area (Å²) in [4.78, 5) is 25.1. The number of hydrogen-bond donors (Lipinski definition) is 3. The second kappa shape index (κ2) is 7.84. The molecule has 4 aromatic rings. The van der Waals surface area contributed by atoms with E-state index >= 15 is 0 Å². The Morgan fingerprint density at radius 3 is 2.76 bits per heavy atom. The maximum absolute atomic E-state index is 12.3. The Morgan fingerprint density at radius 2 is 1.97 bits per heavy atom. The van der Waals surface area contributed by atoms with E-state index in [0.717, 1.165) is 27.9 Å². The van der Waals surface area contributed by atoms with Gasteiger partial charge in [-0.3, -0.25) is 20.4 Å². The molecule has 0 saturated carbocycles. The summed E-state index contributed by atoms with van der Waals surface area (Å²) in [5.41, 5.74) is 4.08. The fraction of sp³-hybridized carbons (Fsp3) is 0.150. The molecular weight excluding hydrogens is 390 g/mol. The van der Waals surface area contributed by atoms with Crippen molar-refractivity contribution in [3.8, 4) is 11.3 Å². The summed E-state index contributed by atoms with van der Waals surface area (Å²) in [7, 11) is 0. The first-order valence-electron chi connectivity index (χ1n) is 8.96. The lowest BCUT2D eigenvalue weighted by Crippen LogP contribution is -2.31. The molecule has 0 saturated heterocycles. The fourth-order valence-corrected chi connectivity index (χ4v) is 3.14. The van der Waals surface area contributed by atoms with Gasteiger partial charge in [0.05, 0.1) is 17.3 Å². The molecule has 9 heteroatoms. The molecular formula is C20H18ClN7O. The lowest BCUT2D eigenvalue weighted by atomic mass is 10.1. The summed E-state index contributed by atoms with van der Waals surface area (Å²) >= 11 is 5.97. The number of amides is 2. The SMILES string of the molecule is Cc1cc(-c2n[nH]c3cc(NC(=O)NC(C)c4cc(Cl)ccn4)ncc23)ccn1. The van der Waals surface area contributed by atoms with E-state index in [-0.39, 0.29) is 6.04 Å². The number of halogens is 1. The normalized spacial score (nSPS) is 12.0. The minimum absolute atomic E-state index is 0.314. The molecule has 2 amide bonds. The number of aryl methyl sites for hydroxylation is 1. The van der Waals surface area contributed by atoms with E-state index < -0.39 is 6.03 Å². The van der Waals surface area contributed by atoms with Crippen LogP contribution < -0.4 is 10.6 Å². The highest BCUT2D eigenvalue weighted by Gasteiger charge is 2.14. The Morgan fingerprint density at radius 1 is 1.14 bits per heavy atom. The van der Waals surface area contributed by atoms with Gasteiger partial charge in [-0.15, -0.1) is 0 Å². The number of H-pyrrole nitrogens is 1. The van der Waals surface area contributed by atoms with Crippen LogP contribution in [-0.2, 0) is 0 Å². The summed E-state index contributed by atoms with van der Waals surface area (Å²) in [6, 6.07) is 8.28. The number of urea groups is 1. The molecule has 0 aromatic carbocycles. The van der Waals surface area contributed by atoms with Crippen LogP contribution in [0, 0.1) is 6.92 Å². The van der Waals surface area contributed by atoms with Gasteiger partial charge in [0, 0.05) is 46.3 Å². The number of fused-ring (bicyclic) bond motifs is 1. The standard InChI is InChI=1S/C20H18ClN7O/c1-11-7-13(3-5-22-11)19-15-10-24-18(9-17(15)27-28-19)26-20(29)25-12(2)16-8-14(21)4-6-23-16/h3-10,12H,1-2H3,(H,27,28)(H2,24,25,26,29). The molecule has 4 heterocycles. The zero-order chi connectivity index (χ0) is 20.4. The van der Waals surface area contributed by atoms with Crippen molar-refractivity contribution in [2.75, 3.05) is 5.32 Å². The van der Waals surface area contributed by atoms with Crippen LogP contribution in [0.4, 0.5) is 10.6 Å². The molecule has 0 bridgehead atoms. The molecule has 0 aliphatic carbocycles. The highest BCUT2D eigenvalue weighted by molar-refractivity contribution is 6.30. The second-order valence-electron chi connectivity index (χ2n) is 6.59. The number of pyridine rings is 3. The predicted octanol–water partition coefficient (Wildman–Crippen LogP) is 4.26. The van der Waals surface area contributed by atoms with E-state index in [0.29, 0.717) is 16.5 Å². The van der Waals surface area contributed by atoms with Crippen LogP contribution >= 0.6 is 11.6 Å². The molecule has 0 aliphatic rings. The van der Waals surface area contributed by atoms with Gasteiger partial charge in [-0.05, 0) is 38.1 Å². The highest BCUT2D eigenvalue weighted by atomic mass is 35.5. The Labute approximate surface area is 171 Å². The average molecular weight is 408 g/mol. The van der Waals surface area contributed by atoms with E-state index in [4.69, 9.17) is 11.6 Å². The van der Waals surface area contributed by atoms with Crippen molar-refractivity contribution in [2.45, 2.75) is 19.9 Å². The van der Waals surface area contributed by atoms with Crippen molar-refractivity contribution in [2.24, 2.45) is 0 Å². The van der Waals surface area contributed by atoms with Crippen molar-refractivity contribution < 1.29 is 4.79 Å². The third-order valence-corrected chi connectivity index (χ3v) is 4.63. The molecule has 0 fully saturated rings. The first-order chi connectivity index (χ1) is 14.0. The summed E-state index contributed by atoms with van der Waals surface area (Å²) in [5, 5.41) is 14.3. The number of nitrogens with zero attached hydrogens (tertiary/aromatic N) is 4. The quantitative estimate of drug-likeness (QED) is 0.468. The van der Waals surface area contributed by atoms with Gasteiger partial charge in [0.15, 0.2) is 0 Å². The molecule has 29 heavy (non-hydrogen) atoms. The zero-order valence-corrected chi connectivity index (χ0v) is 16.5. The lowest BCUT2D eigenvalue weighted by molar-refractivity contribution is 0.249. The number of nitrogens with one attached hydrogen (secondary N) is 3. The third kappa shape index (κ3) is 4.17. The number of rotatable bonds is 4. The van der Waals surface area contributed by atoms with Crippen molar-refractivity contribution >= 4 is 34.4 Å². The minimum Gasteiger partial charge on any atom is -0.330 e. The maximum atomic E-state index is 12.3. The van der Waals surface area contributed by atoms with Gasteiger partial charge in [0.1, 0.15) is 11.5 Å². The van der Waals surface area contributed by atoms with Crippen LogP contribution in [0.25, 0.3) is 22.2 Å². The first kappa shape index (κ1) is 18.8. The van der Waals surface area contributed by atoms with Crippen molar-refractivity contribution in [3.05, 3.63) is 65.3 Å². The van der Waals surface area contributed by atoms with Crippen LogP contribution in [0.5, 0.6) is 0 Å². The number of aromatic amines is 1. The molecule has 1 atom stereocenters. The number of hydrogen-bond acceptors (Lipinski definition) is 5. The number of carbonyl (C=O) groups excluding carboxylic acids is 1. The molecule has 4 rings (SSSR count). The Bertz CT molecular complexity index is 1190. The summed E-state index contributed by atoms with van der Waals surface area (Å²) in [6.07, 6.45) is 5.03. The van der Waals surface area contributed by atoms with Crippen molar-refractivity contribution in [1.29, 1.82) is 0 Å². The van der Waals surface area contributed by atoms with Gasteiger partial charge in [-0.2, -0.15) is 5.10 Å². The molecule has 0 spiro atoms. The maximum Gasteiger partial charge on any atom is 0.320 e. The third-order valence-electron chi connectivity index (χ3n) is 4.39. The van der Waals surface area contributed by atoms with Gasteiger partial charge >= 0.3 is 6.03 Å². The molecule has 3 N–H and O–H groups in total. The van der Waals surface area contributed by atoms with Gasteiger partial charge < -0.3 is 5.32 Å². The molecule has 8 nitrogen and oxygen atoms in total. The van der Waals surface area contributed by atoms with E-state index in [1.54, 1.807) is 36.8 Å². The van der Waals surface area contributed by atoms with E-state index in [1.165, 1.54) is 0 Å². The van der Waals surface area contributed by atoms with E-state index in [1.807, 2.05) is 26.0 Å². The largest absolute Gasteiger partial charge is 0.330 e. The highest BCUT2D eigenvalue weighted by Crippen LogP contribution is 2.27. The smallest absolute Gasteiger partial charge is 0.320 e. The summed E-state index contributed by atoms with van der Waals surface area (Å²) < 4.78 is 0. The van der Waals surface area contributed by atoms with Crippen LogP contribution in [0.2, 0.25) is 5.02 Å². The first-order valence-corrected chi connectivity index (χ1v) is 9.33. The van der Waals surface area contributed by atoms with Crippen LogP contribution in [-0.4, -0.2) is 31.2 Å².